The average Bonchev–Trinajstić information content (AvgIpc) is 2.47. The van der Waals surface area contributed by atoms with Crippen LogP contribution >= 0.6 is 23.2 Å². The number of nitrogens with one attached hydrogen (secondary N) is 1. The smallest absolute Gasteiger partial charge is 0.149 e. The third kappa shape index (κ3) is 2.94. The molecule has 2 atom stereocenters. The van der Waals surface area contributed by atoms with Gasteiger partial charge in [-0.2, -0.15) is 0 Å². The molecule has 1 N–H and O–H groups in total. The molecule has 116 valence electrons. The molecule has 0 bridgehead atoms. The number of likely N-dealkylation sites (tertiary alicyclic amines) is 1. The summed E-state index contributed by atoms with van der Waals surface area (Å²) in [6, 6.07) is 2.50. The van der Waals surface area contributed by atoms with Gasteiger partial charge >= 0.3 is 0 Å². The molecule has 6 heteroatoms. The van der Waals surface area contributed by atoms with Crippen molar-refractivity contribution >= 4 is 34.8 Å². The van der Waals surface area contributed by atoms with Crippen molar-refractivity contribution in [1.29, 1.82) is 0 Å². The van der Waals surface area contributed by atoms with Crippen LogP contribution in [-0.4, -0.2) is 49.7 Å². The number of aromatic nitrogens is 1. The molecule has 2 unspecified atom stereocenters. The zero-order chi connectivity index (χ0) is 15.0. The molecule has 3 heterocycles. The average molecular weight is 329 g/mol. The normalized spacial score (nSPS) is 26.6. The molecule has 1 aromatic heterocycles. The molecule has 2 aliphatic heterocycles. The van der Waals surface area contributed by atoms with Gasteiger partial charge in [0.2, 0.25) is 0 Å². The van der Waals surface area contributed by atoms with Crippen molar-refractivity contribution in [3.63, 3.8) is 0 Å². The van der Waals surface area contributed by atoms with Gasteiger partial charge in [-0.05, 0) is 44.8 Å². The van der Waals surface area contributed by atoms with E-state index in [9.17, 15) is 0 Å². The minimum Gasteiger partial charge on any atom is -0.372 e. The van der Waals surface area contributed by atoms with Crippen molar-refractivity contribution in [2.75, 3.05) is 43.9 Å². The highest BCUT2D eigenvalue weighted by Gasteiger charge is 2.35. The van der Waals surface area contributed by atoms with E-state index in [1.54, 1.807) is 6.07 Å². The quantitative estimate of drug-likeness (QED) is 0.902. The first-order valence-corrected chi connectivity index (χ1v) is 8.34. The molecular formula is C15H22Cl2N4. The van der Waals surface area contributed by atoms with Gasteiger partial charge in [-0.25, -0.2) is 4.98 Å². The van der Waals surface area contributed by atoms with Gasteiger partial charge in [-0.1, -0.05) is 23.2 Å². The van der Waals surface area contributed by atoms with Gasteiger partial charge in [-0.15, -0.1) is 0 Å². The molecule has 2 fully saturated rings. The van der Waals surface area contributed by atoms with E-state index < -0.39 is 0 Å². The summed E-state index contributed by atoms with van der Waals surface area (Å²) in [5, 5.41) is 4.24. The largest absolute Gasteiger partial charge is 0.372 e. The lowest BCUT2D eigenvalue weighted by Gasteiger charge is -2.46. The number of fused-ring (bicyclic) bond motifs is 1. The Bertz CT molecular complexity index is 523. The Labute approximate surface area is 136 Å². The minimum absolute atomic E-state index is 0.568. The van der Waals surface area contributed by atoms with Gasteiger partial charge in [0.05, 0.1) is 10.0 Å². The van der Waals surface area contributed by atoms with E-state index in [0.29, 0.717) is 27.8 Å². The second-order valence-electron chi connectivity index (χ2n) is 6.06. The zero-order valence-corrected chi connectivity index (χ0v) is 14.1. The van der Waals surface area contributed by atoms with E-state index in [4.69, 9.17) is 23.2 Å². The molecule has 0 saturated carbocycles. The van der Waals surface area contributed by atoms with Crippen LogP contribution in [-0.2, 0) is 0 Å². The Morgan fingerprint density at radius 1 is 1.24 bits per heavy atom. The van der Waals surface area contributed by atoms with E-state index in [-0.39, 0.29) is 0 Å². The van der Waals surface area contributed by atoms with Crippen LogP contribution in [0.4, 0.5) is 11.6 Å². The highest BCUT2D eigenvalue weighted by Crippen LogP contribution is 2.36. The first kappa shape index (κ1) is 15.2. The monoisotopic (exact) mass is 328 g/mol. The first-order valence-electron chi connectivity index (χ1n) is 7.59. The maximum atomic E-state index is 6.37. The summed E-state index contributed by atoms with van der Waals surface area (Å²) >= 11 is 12.5. The minimum atomic E-state index is 0.568. The molecule has 0 aromatic carbocycles. The Morgan fingerprint density at radius 3 is 2.81 bits per heavy atom. The van der Waals surface area contributed by atoms with E-state index >= 15 is 0 Å². The topological polar surface area (TPSA) is 31.4 Å². The highest BCUT2D eigenvalue weighted by molar-refractivity contribution is 6.37. The lowest BCUT2D eigenvalue weighted by Crippen LogP contribution is -2.53. The van der Waals surface area contributed by atoms with E-state index in [0.717, 1.165) is 18.9 Å². The number of rotatable bonds is 2. The van der Waals surface area contributed by atoms with Gasteiger partial charge < -0.3 is 15.1 Å². The van der Waals surface area contributed by atoms with E-state index in [1.165, 1.54) is 25.8 Å². The standard InChI is InChI=1S/C15H22Cl2N4/c1-18-14-11(16)8-12(17)15(19-14)21-7-5-13-10(9-21)4-3-6-20(13)2/h8,10,13H,3-7,9H2,1-2H3,(H,18,19). The highest BCUT2D eigenvalue weighted by atomic mass is 35.5. The second kappa shape index (κ2) is 6.19. The van der Waals surface area contributed by atoms with E-state index in [1.807, 2.05) is 7.05 Å². The van der Waals surface area contributed by atoms with Gasteiger partial charge in [-0.3, -0.25) is 0 Å². The van der Waals surface area contributed by atoms with Crippen LogP contribution in [0.5, 0.6) is 0 Å². The van der Waals surface area contributed by atoms with Crippen LogP contribution < -0.4 is 10.2 Å². The van der Waals surface area contributed by atoms with Crippen molar-refractivity contribution < 1.29 is 0 Å². The zero-order valence-electron chi connectivity index (χ0n) is 12.6. The number of anilines is 2. The summed E-state index contributed by atoms with van der Waals surface area (Å²) in [5.41, 5.74) is 0. The van der Waals surface area contributed by atoms with Crippen molar-refractivity contribution in [3.05, 3.63) is 16.1 Å². The summed E-state index contributed by atoms with van der Waals surface area (Å²) in [7, 11) is 4.08. The summed E-state index contributed by atoms with van der Waals surface area (Å²) in [4.78, 5) is 9.44. The van der Waals surface area contributed by atoms with Gasteiger partial charge in [0.25, 0.3) is 0 Å². The van der Waals surface area contributed by atoms with Crippen LogP contribution in [0.15, 0.2) is 6.07 Å². The third-order valence-electron chi connectivity index (χ3n) is 4.79. The van der Waals surface area contributed by atoms with Crippen LogP contribution in [0.1, 0.15) is 19.3 Å². The number of piperidine rings is 2. The fourth-order valence-electron chi connectivity index (χ4n) is 3.70. The molecule has 0 radical (unpaired) electrons. The molecule has 0 amide bonds. The van der Waals surface area contributed by atoms with Crippen molar-refractivity contribution in [2.45, 2.75) is 25.3 Å². The molecule has 1 aromatic rings. The Hall–Kier alpha value is -0.710. The third-order valence-corrected chi connectivity index (χ3v) is 5.36. The molecule has 3 rings (SSSR count). The molecular weight excluding hydrogens is 307 g/mol. The molecule has 2 aliphatic rings. The number of pyridine rings is 1. The van der Waals surface area contributed by atoms with Crippen LogP contribution in [0.25, 0.3) is 0 Å². The fourth-order valence-corrected chi connectivity index (χ4v) is 4.27. The van der Waals surface area contributed by atoms with Gasteiger partial charge in [0.1, 0.15) is 11.6 Å². The molecule has 21 heavy (non-hydrogen) atoms. The van der Waals surface area contributed by atoms with Crippen molar-refractivity contribution in [3.8, 4) is 0 Å². The summed E-state index contributed by atoms with van der Waals surface area (Å²) < 4.78 is 0. The van der Waals surface area contributed by atoms with Gasteiger partial charge in [0, 0.05) is 26.2 Å². The number of hydrogen-bond acceptors (Lipinski definition) is 4. The predicted octanol–water partition coefficient (Wildman–Crippen LogP) is 3.35. The summed E-state index contributed by atoms with van der Waals surface area (Å²) in [6.45, 7) is 3.26. The second-order valence-corrected chi connectivity index (χ2v) is 6.87. The Kier molecular flexibility index (Phi) is 4.48. The van der Waals surface area contributed by atoms with Crippen LogP contribution in [0, 0.1) is 5.92 Å². The summed E-state index contributed by atoms with van der Waals surface area (Å²) in [6.07, 6.45) is 3.77. The fraction of sp³-hybridized carbons (Fsp3) is 0.667. The van der Waals surface area contributed by atoms with E-state index in [2.05, 4.69) is 27.1 Å². The Balaban J connectivity index is 1.82. The lowest BCUT2D eigenvalue weighted by molar-refractivity contribution is 0.102. The van der Waals surface area contributed by atoms with Crippen LogP contribution in [0.2, 0.25) is 10.0 Å². The lowest BCUT2D eigenvalue weighted by atomic mass is 9.84. The maximum Gasteiger partial charge on any atom is 0.149 e. The summed E-state index contributed by atoms with van der Waals surface area (Å²) in [5.74, 6) is 2.26. The van der Waals surface area contributed by atoms with Crippen molar-refractivity contribution in [2.24, 2.45) is 5.92 Å². The Morgan fingerprint density at radius 2 is 2.05 bits per heavy atom. The molecule has 0 spiro atoms. The molecule has 0 aliphatic carbocycles. The SMILES string of the molecule is CNc1nc(N2CCC3C(CCCN3C)C2)c(Cl)cc1Cl. The first-order chi connectivity index (χ1) is 10.1. The molecule has 4 nitrogen and oxygen atoms in total. The molecule has 2 saturated heterocycles. The number of hydrogen-bond donors (Lipinski definition) is 1. The van der Waals surface area contributed by atoms with Gasteiger partial charge in [0.15, 0.2) is 0 Å². The number of nitrogens with zero attached hydrogens (tertiary/aromatic N) is 3. The maximum absolute atomic E-state index is 6.37. The van der Waals surface area contributed by atoms with Crippen molar-refractivity contribution in [1.82, 2.24) is 9.88 Å². The number of halogens is 2. The predicted molar refractivity (Wildman–Crippen MR) is 89.8 cm³/mol. The van der Waals surface area contributed by atoms with Crippen LogP contribution in [0.3, 0.4) is 0 Å².